The summed E-state index contributed by atoms with van der Waals surface area (Å²) >= 11 is 0. The highest BCUT2D eigenvalue weighted by molar-refractivity contribution is 5.81. The number of ether oxygens (including phenoxy) is 3. The Kier molecular flexibility index (Phi) is 6.30. The average molecular weight is 380 g/mol. The van der Waals surface area contributed by atoms with E-state index in [9.17, 15) is 0 Å². The van der Waals surface area contributed by atoms with E-state index in [0.717, 1.165) is 38.2 Å². The first-order valence-corrected chi connectivity index (χ1v) is 10.3. The second-order valence-electron chi connectivity index (χ2n) is 7.48. The molecular formula is C24H29NO3. The Labute approximate surface area is 167 Å². The number of fused-ring (bicyclic) bond motifs is 1. The van der Waals surface area contributed by atoms with Crippen molar-refractivity contribution in [1.82, 2.24) is 4.57 Å². The van der Waals surface area contributed by atoms with Crippen molar-refractivity contribution in [3.05, 3.63) is 65.9 Å². The number of rotatable bonds is 8. The molecule has 0 N–H and O–H groups in total. The topological polar surface area (TPSA) is 32.6 Å². The third-order valence-corrected chi connectivity index (χ3v) is 5.30. The normalized spacial score (nSPS) is 17.1. The summed E-state index contributed by atoms with van der Waals surface area (Å²) < 4.78 is 19.8. The van der Waals surface area contributed by atoms with Gasteiger partial charge in [-0.05, 0) is 55.3 Å². The SMILES string of the molecule is Cc1ccc(CCOc2ccc3ccn(CCOC4CCCCO4)c3c2)cc1. The fourth-order valence-electron chi connectivity index (χ4n) is 3.62. The molecular weight excluding hydrogens is 350 g/mol. The van der Waals surface area contributed by atoms with E-state index in [2.05, 4.69) is 60.2 Å². The lowest BCUT2D eigenvalue weighted by atomic mass is 10.1. The molecule has 4 rings (SSSR count). The molecule has 1 saturated heterocycles. The van der Waals surface area contributed by atoms with Crippen molar-refractivity contribution < 1.29 is 14.2 Å². The number of hydrogen-bond acceptors (Lipinski definition) is 3. The molecule has 4 heteroatoms. The second kappa shape index (κ2) is 9.26. The van der Waals surface area contributed by atoms with Crippen LogP contribution in [-0.2, 0) is 22.4 Å². The molecule has 3 aromatic rings. The Hall–Kier alpha value is -2.30. The van der Waals surface area contributed by atoms with Crippen molar-refractivity contribution in [3.8, 4) is 5.75 Å². The molecule has 1 aliphatic rings. The van der Waals surface area contributed by atoms with Crippen molar-refractivity contribution in [2.45, 2.75) is 45.4 Å². The fourth-order valence-corrected chi connectivity index (χ4v) is 3.62. The number of hydrogen-bond donors (Lipinski definition) is 0. The van der Waals surface area contributed by atoms with Crippen LogP contribution in [0.25, 0.3) is 10.9 Å². The average Bonchev–Trinajstić information content (AvgIpc) is 3.13. The zero-order valence-electron chi connectivity index (χ0n) is 16.6. The molecule has 0 radical (unpaired) electrons. The summed E-state index contributed by atoms with van der Waals surface area (Å²) in [6.07, 6.45) is 6.34. The van der Waals surface area contributed by atoms with Crippen molar-refractivity contribution in [2.24, 2.45) is 0 Å². The first kappa shape index (κ1) is 19.0. The van der Waals surface area contributed by atoms with Crippen LogP contribution >= 0.6 is 0 Å². The summed E-state index contributed by atoms with van der Waals surface area (Å²) in [7, 11) is 0. The first-order chi connectivity index (χ1) is 13.8. The first-order valence-electron chi connectivity index (χ1n) is 10.3. The summed E-state index contributed by atoms with van der Waals surface area (Å²) in [5.41, 5.74) is 3.77. The van der Waals surface area contributed by atoms with Crippen LogP contribution in [0, 0.1) is 6.92 Å². The van der Waals surface area contributed by atoms with Gasteiger partial charge in [-0.25, -0.2) is 0 Å². The third kappa shape index (κ3) is 4.94. The Balaban J connectivity index is 1.32. The molecule has 28 heavy (non-hydrogen) atoms. The van der Waals surface area contributed by atoms with Crippen LogP contribution in [0.5, 0.6) is 5.75 Å². The summed E-state index contributed by atoms with van der Waals surface area (Å²) in [6.45, 7) is 5.08. The third-order valence-electron chi connectivity index (χ3n) is 5.30. The van der Waals surface area contributed by atoms with E-state index in [-0.39, 0.29) is 6.29 Å². The summed E-state index contributed by atoms with van der Waals surface area (Å²) in [5.74, 6) is 0.913. The monoisotopic (exact) mass is 379 g/mol. The zero-order chi connectivity index (χ0) is 19.2. The maximum Gasteiger partial charge on any atom is 0.157 e. The van der Waals surface area contributed by atoms with Gasteiger partial charge in [-0.15, -0.1) is 0 Å². The molecule has 0 amide bonds. The van der Waals surface area contributed by atoms with Crippen LogP contribution in [0.2, 0.25) is 0 Å². The molecule has 2 heterocycles. The predicted molar refractivity (Wildman–Crippen MR) is 112 cm³/mol. The van der Waals surface area contributed by atoms with Gasteiger partial charge < -0.3 is 18.8 Å². The van der Waals surface area contributed by atoms with Gasteiger partial charge in [0.1, 0.15) is 5.75 Å². The number of aryl methyl sites for hydroxylation is 1. The van der Waals surface area contributed by atoms with E-state index in [0.29, 0.717) is 13.2 Å². The Morgan fingerprint density at radius 3 is 2.75 bits per heavy atom. The van der Waals surface area contributed by atoms with E-state index >= 15 is 0 Å². The molecule has 1 aromatic heterocycles. The van der Waals surface area contributed by atoms with Gasteiger partial charge in [-0.2, -0.15) is 0 Å². The quantitative estimate of drug-likeness (QED) is 0.545. The van der Waals surface area contributed by atoms with Gasteiger partial charge in [0.15, 0.2) is 6.29 Å². The lowest BCUT2D eigenvalue weighted by Gasteiger charge is -2.22. The van der Waals surface area contributed by atoms with E-state index in [1.54, 1.807) is 0 Å². The van der Waals surface area contributed by atoms with Crippen LogP contribution < -0.4 is 4.74 Å². The van der Waals surface area contributed by atoms with Crippen molar-refractivity contribution in [3.63, 3.8) is 0 Å². The maximum absolute atomic E-state index is 6.01. The minimum absolute atomic E-state index is 0.0313. The van der Waals surface area contributed by atoms with Gasteiger partial charge in [0, 0.05) is 31.8 Å². The molecule has 1 atom stereocenters. The highest BCUT2D eigenvalue weighted by Crippen LogP contribution is 2.23. The van der Waals surface area contributed by atoms with Crippen LogP contribution in [0.4, 0.5) is 0 Å². The van der Waals surface area contributed by atoms with E-state index < -0.39 is 0 Å². The molecule has 1 fully saturated rings. The predicted octanol–water partition coefficient (Wildman–Crippen LogP) is 5.11. The number of aromatic nitrogens is 1. The highest BCUT2D eigenvalue weighted by atomic mass is 16.7. The zero-order valence-corrected chi connectivity index (χ0v) is 16.6. The molecule has 4 nitrogen and oxygen atoms in total. The molecule has 1 unspecified atom stereocenters. The minimum Gasteiger partial charge on any atom is -0.493 e. The fraction of sp³-hybridized carbons (Fsp3) is 0.417. The van der Waals surface area contributed by atoms with Crippen LogP contribution in [0.15, 0.2) is 54.7 Å². The summed E-state index contributed by atoms with van der Waals surface area (Å²) in [4.78, 5) is 0. The second-order valence-corrected chi connectivity index (χ2v) is 7.48. The van der Waals surface area contributed by atoms with Gasteiger partial charge in [0.25, 0.3) is 0 Å². The standard InChI is InChI=1S/C24H29NO3/c1-19-5-7-20(8-6-19)12-16-26-22-10-9-21-11-13-25(23(21)18-22)14-17-28-24-4-2-3-15-27-24/h5-11,13,18,24H,2-4,12,14-17H2,1H3. The van der Waals surface area contributed by atoms with Crippen molar-refractivity contribution >= 4 is 10.9 Å². The Morgan fingerprint density at radius 1 is 1.04 bits per heavy atom. The number of benzene rings is 2. The van der Waals surface area contributed by atoms with E-state index in [1.807, 2.05) is 6.07 Å². The molecule has 0 aliphatic carbocycles. The van der Waals surface area contributed by atoms with Gasteiger partial charge in [-0.3, -0.25) is 0 Å². The molecule has 1 aliphatic heterocycles. The Bertz CT molecular complexity index is 879. The maximum atomic E-state index is 6.01. The van der Waals surface area contributed by atoms with E-state index in [4.69, 9.17) is 14.2 Å². The summed E-state index contributed by atoms with van der Waals surface area (Å²) in [6, 6.07) is 17.1. The van der Waals surface area contributed by atoms with Crippen LogP contribution in [0.1, 0.15) is 30.4 Å². The van der Waals surface area contributed by atoms with Gasteiger partial charge >= 0.3 is 0 Å². The summed E-state index contributed by atoms with van der Waals surface area (Å²) in [5, 5.41) is 1.22. The largest absolute Gasteiger partial charge is 0.493 e. The van der Waals surface area contributed by atoms with Crippen molar-refractivity contribution in [1.29, 1.82) is 0 Å². The smallest absolute Gasteiger partial charge is 0.157 e. The van der Waals surface area contributed by atoms with Gasteiger partial charge in [-0.1, -0.05) is 29.8 Å². The lowest BCUT2D eigenvalue weighted by Crippen LogP contribution is -2.23. The molecule has 0 spiro atoms. The highest BCUT2D eigenvalue weighted by Gasteiger charge is 2.13. The van der Waals surface area contributed by atoms with Gasteiger partial charge in [0.05, 0.1) is 18.7 Å². The van der Waals surface area contributed by atoms with E-state index in [1.165, 1.54) is 28.5 Å². The lowest BCUT2D eigenvalue weighted by molar-refractivity contribution is -0.163. The molecule has 0 bridgehead atoms. The number of nitrogens with zero attached hydrogens (tertiary/aromatic N) is 1. The Morgan fingerprint density at radius 2 is 1.93 bits per heavy atom. The van der Waals surface area contributed by atoms with Gasteiger partial charge in [0.2, 0.25) is 0 Å². The molecule has 2 aromatic carbocycles. The molecule has 0 saturated carbocycles. The van der Waals surface area contributed by atoms with Crippen LogP contribution in [0.3, 0.4) is 0 Å². The van der Waals surface area contributed by atoms with Crippen molar-refractivity contribution in [2.75, 3.05) is 19.8 Å². The minimum atomic E-state index is -0.0313. The molecule has 148 valence electrons. The van der Waals surface area contributed by atoms with Crippen LogP contribution in [-0.4, -0.2) is 30.7 Å².